The molecule has 0 radical (unpaired) electrons. The molecular weight excluding hydrogens is 262 g/mol. The van der Waals surface area contributed by atoms with Crippen LogP contribution in [0.1, 0.15) is 37.3 Å². The summed E-state index contributed by atoms with van der Waals surface area (Å²) in [5.74, 6) is 2.11. The Bertz CT molecular complexity index is 348. The van der Waals surface area contributed by atoms with Crippen molar-refractivity contribution >= 4 is 23.4 Å². The molecule has 0 amide bonds. The highest BCUT2D eigenvalue weighted by atomic mass is 35.5. The van der Waals surface area contributed by atoms with E-state index in [-0.39, 0.29) is 0 Å². The van der Waals surface area contributed by atoms with Crippen molar-refractivity contribution in [3.05, 3.63) is 34.9 Å². The number of hydrogen-bond donors (Lipinski definition) is 1. The van der Waals surface area contributed by atoms with Crippen LogP contribution in [0.25, 0.3) is 0 Å². The molecule has 1 aromatic rings. The van der Waals surface area contributed by atoms with Crippen LogP contribution in [-0.4, -0.2) is 18.6 Å². The number of halogens is 1. The Morgan fingerprint density at radius 2 is 2.00 bits per heavy atom. The molecular formula is C15H22ClNS. The van der Waals surface area contributed by atoms with Gasteiger partial charge in [-0.2, -0.15) is 11.8 Å². The summed E-state index contributed by atoms with van der Waals surface area (Å²) in [6.45, 7) is 1.13. The number of unbranched alkanes of at least 4 members (excludes halogenated alkanes) is 1. The lowest BCUT2D eigenvalue weighted by Crippen LogP contribution is -2.24. The van der Waals surface area contributed by atoms with E-state index in [0.29, 0.717) is 6.04 Å². The Morgan fingerprint density at radius 1 is 1.28 bits per heavy atom. The Hall–Kier alpha value is -0.180. The summed E-state index contributed by atoms with van der Waals surface area (Å²) in [6, 6.07) is 8.88. The molecule has 100 valence electrons. The van der Waals surface area contributed by atoms with Gasteiger partial charge in [0.05, 0.1) is 0 Å². The van der Waals surface area contributed by atoms with Crippen LogP contribution in [0.5, 0.6) is 0 Å². The Labute approximate surface area is 120 Å². The predicted octanol–water partition coefficient (Wildman–Crippen LogP) is 4.52. The van der Waals surface area contributed by atoms with E-state index in [1.807, 2.05) is 23.9 Å². The lowest BCUT2D eigenvalue weighted by atomic mass is 10.0. The normalized spacial score (nSPS) is 16.8. The summed E-state index contributed by atoms with van der Waals surface area (Å²) >= 11 is 7.89. The fourth-order valence-corrected chi connectivity index (χ4v) is 2.90. The smallest absolute Gasteiger partial charge is 0.0406 e. The summed E-state index contributed by atoms with van der Waals surface area (Å²) in [6.07, 6.45) is 7.49. The van der Waals surface area contributed by atoms with Crippen molar-refractivity contribution in [1.29, 1.82) is 0 Å². The van der Waals surface area contributed by atoms with E-state index in [1.165, 1.54) is 37.0 Å². The van der Waals surface area contributed by atoms with Gasteiger partial charge in [0, 0.05) is 11.1 Å². The summed E-state index contributed by atoms with van der Waals surface area (Å²) < 4.78 is 0. The number of nitrogens with one attached hydrogen (secondary N) is 1. The Balaban J connectivity index is 1.82. The van der Waals surface area contributed by atoms with Gasteiger partial charge in [0.1, 0.15) is 0 Å². The molecule has 1 aliphatic carbocycles. The molecule has 0 aliphatic heterocycles. The zero-order chi connectivity index (χ0) is 12.8. The quantitative estimate of drug-likeness (QED) is 0.704. The van der Waals surface area contributed by atoms with Gasteiger partial charge in [-0.05, 0) is 67.9 Å². The van der Waals surface area contributed by atoms with Crippen molar-refractivity contribution in [2.24, 2.45) is 5.92 Å². The van der Waals surface area contributed by atoms with Crippen LogP contribution < -0.4 is 5.32 Å². The van der Waals surface area contributed by atoms with Gasteiger partial charge < -0.3 is 5.32 Å². The fraction of sp³-hybridized carbons (Fsp3) is 0.600. The SMILES string of the molecule is CSCCCCNC(c1ccc(Cl)cc1)C1CC1. The molecule has 2 rings (SSSR count). The number of thioether (sulfide) groups is 1. The highest BCUT2D eigenvalue weighted by Crippen LogP contribution is 2.41. The van der Waals surface area contributed by atoms with E-state index in [0.717, 1.165) is 17.5 Å². The van der Waals surface area contributed by atoms with Crippen LogP contribution in [0.2, 0.25) is 5.02 Å². The van der Waals surface area contributed by atoms with E-state index in [1.54, 1.807) is 0 Å². The van der Waals surface area contributed by atoms with Crippen molar-refractivity contribution in [1.82, 2.24) is 5.32 Å². The summed E-state index contributed by atoms with van der Waals surface area (Å²) in [7, 11) is 0. The van der Waals surface area contributed by atoms with Crippen molar-refractivity contribution in [2.45, 2.75) is 31.7 Å². The summed E-state index contributed by atoms with van der Waals surface area (Å²) in [5.41, 5.74) is 1.40. The van der Waals surface area contributed by atoms with Gasteiger partial charge in [0.15, 0.2) is 0 Å². The second-order valence-electron chi connectivity index (χ2n) is 5.02. The van der Waals surface area contributed by atoms with Crippen LogP contribution in [-0.2, 0) is 0 Å². The largest absolute Gasteiger partial charge is 0.310 e. The molecule has 1 aliphatic rings. The van der Waals surface area contributed by atoms with Gasteiger partial charge in [0.2, 0.25) is 0 Å². The maximum absolute atomic E-state index is 5.95. The van der Waals surface area contributed by atoms with Gasteiger partial charge in [-0.3, -0.25) is 0 Å². The van der Waals surface area contributed by atoms with E-state index in [2.05, 4.69) is 23.7 Å². The van der Waals surface area contributed by atoms with E-state index >= 15 is 0 Å². The molecule has 1 unspecified atom stereocenters. The molecule has 0 heterocycles. The first kappa shape index (κ1) is 14.2. The maximum Gasteiger partial charge on any atom is 0.0406 e. The molecule has 18 heavy (non-hydrogen) atoms. The van der Waals surface area contributed by atoms with Crippen molar-refractivity contribution in [3.63, 3.8) is 0 Å². The molecule has 1 aromatic carbocycles. The lowest BCUT2D eigenvalue weighted by molar-refractivity contribution is 0.474. The van der Waals surface area contributed by atoms with Crippen molar-refractivity contribution in [3.8, 4) is 0 Å². The van der Waals surface area contributed by atoms with Crippen LogP contribution >= 0.6 is 23.4 Å². The zero-order valence-corrected chi connectivity index (χ0v) is 12.6. The molecule has 3 heteroatoms. The molecule has 0 saturated heterocycles. The monoisotopic (exact) mass is 283 g/mol. The third-order valence-electron chi connectivity index (χ3n) is 3.46. The minimum Gasteiger partial charge on any atom is -0.310 e. The van der Waals surface area contributed by atoms with Crippen LogP contribution in [0.3, 0.4) is 0 Å². The average molecular weight is 284 g/mol. The van der Waals surface area contributed by atoms with Gasteiger partial charge in [-0.15, -0.1) is 0 Å². The highest BCUT2D eigenvalue weighted by Gasteiger charge is 2.31. The number of hydrogen-bond acceptors (Lipinski definition) is 2. The standard InChI is InChI=1S/C15H22ClNS/c1-18-11-3-2-10-17-15(12-4-5-12)13-6-8-14(16)9-7-13/h6-9,12,15,17H,2-5,10-11H2,1H3. The highest BCUT2D eigenvalue weighted by molar-refractivity contribution is 7.98. The first-order valence-corrected chi connectivity index (χ1v) is 8.56. The average Bonchev–Trinajstić information content (AvgIpc) is 3.20. The molecule has 0 spiro atoms. The number of rotatable bonds is 8. The third-order valence-corrected chi connectivity index (χ3v) is 4.41. The number of benzene rings is 1. The zero-order valence-electron chi connectivity index (χ0n) is 11.0. The third kappa shape index (κ3) is 4.49. The second-order valence-corrected chi connectivity index (χ2v) is 6.44. The maximum atomic E-state index is 5.95. The molecule has 1 atom stereocenters. The van der Waals surface area contributed by atoms with Crippen LogP contribution in [0, 0.1) is 5.92 Å². The van der Waals surface area contributed by atoms with Crippen LogP contribution in [0.4, 0.5) is 0 Å². The Kier molecular flexibility index (Phi) is 5.87. The molecule has 1 fully saturated rings. The van der Waals surface area contributed by atoms with E-state index in [9.17, 15) is 0 Å². The van der Waals surface area contributed by atoms with Gasteiger partial charge in [-0.1, -0.05) is 23.7 Å². The van der Waals surface area contributed by atoms with Crippen molar-refractivity contribution < 1.29 is 0 Å². The molecule has 1 N–H and O–H groups in total. The second kappa shape index (κ2) is 7.42. The first-order chi connectivity index (χ1) is 8.81. The van der Waals surface area contributed by atoms with E-state index < -0.39 is 0 Å². The molecule has 1 saturated carbocycles. The Morgan fingerprint density at radius 3 is 2.61 bits per heavy atom. The summed E-state index contributed by atoms with van der Waals surface area (Å²) in [4.78, 5) is 0. The first-order valence-electron chi connectivity index (χ1n) is 6.79. The van der Waals surface area contributed by atoms with Crippen LogP contribution in [0.15, 0.2) is 24.3 Å². The molecule has 1 nitrogen and oxygen atoms in total. The minimum absolute atomic E-state index is 0.538. The van der Waals surface area contributed by atoms with Gasteiger partial charge in [0.25, 0.3) is 0 Å². The topological polar surface area (TPSA) is 12.0 Å². The molecule has 0 aromatic heterocycles. The van der Waals surface area contributed by atoms with Gasteiger partial charge in [-0.25, -0.2) is 0 Å². The minimum atomic E-state index is 0.538. The predicted molar refractivity (Wildman–Crippen MR) is 82.5 cm³/mol. The van der Waals surface area contributed by atoms with Gasteiger partial charge >= 0.3 is 0 Å². The lowest BCUT2D eigenvalue weighted by Gasteiger charge is -2.19. The van der Waals surface area contributed by atoms with E-state index in [4.69, 9.17) is 11.6 Å². The van der Waals surface area contributed by atoms with Crippen molar-refractivity contribution in [2.75, 3.05) is 18.6 Å². The molecule has 0 bridgehead atoms. The summed E-state index contributed by atoms with van der Waals surface area (Å²) in [5, 5.41) is 4.55. The fourth-order valence-electron chi connectivity index (χ4n) is 2.29.